The highest BCUT2D eigenvalue weighted by atomic mass is 31.1. The lowest BCUT2D eigenvalue weighted by Crippen LogP contribution is -1.97. The SMILES string of the molecule is CCCO[P+](=O)c1ccccc1. The van der Waals surface area contributed by atoms with Gasteiger partial charge in [-0.05, 0) is 23.1 Å². The maximum absolute atomic E-state index is 11.3. The van der Waals surface area contributed by atoms with E-state index in [0.29, 0.717) is 6.61 Å². The third kappa shape index (κ3) is 2.72. The Hall–Kier alpha value is -0.720. The van der Waals surface area contributed by atoms with Gasteiger partial charge < -0.3 is 0 Å². The Kier molecular flexibility index (Phi) is 3.92. The molecule has 0 N–H and O–H groups in total. The molecule has 0 saturated carbocycles. The monoisotopic (exact) mass is 183 g/mol. The van der Waals surface area contributed by atoms with Crippen LogP contribution in [0, 0.1) is 0 Å². The second-order valence-corrected chi connectivity index (χ2v) is 3.71. The number of hydrogen-bond acceptors (Lipinski definition) is 2. The zero-order chi connectivity index (χ0) is 8.81. The fourth-order valence-electron chi connectivity index (χ4n) is 0.798. The Morgan fingerprint density at radius 3 is 2.58 bits per heavy atom. The molecule has 0 amide bonds. The van der Waals surface area contributed by atoms with Crippen LogP contribution in [0.3, 0.4) is 0 Å². The molecule has 0 heterocycles. The molecule has 1 rings (SSSR count). The summed E-state index contributed by atoms with van der Waals surface area (Å²) < 4.78 is 16.4. The summed E-state index contributed by atoms with van der Waals surface area (Å²) in [4.78, 5) is 0. The highest BCUT2D eigenvalue weighted by Gasteiger charge is 2.19. The summed E-state index contributed by atoms with van der Waals surface area (Å²) in [6, 6.07) is 9.24. The van der Waals surface area contributed by atoms with Crippen LogP contribution in [0.25, 0.3) is 0 Å². The van der Waals surface area contributed by atoms with Crippen LogP contribution in [0.1, 0.15) is 13.3 Å². The minimum Gasteiger partial charge on any atom is -0.142 e. The van der Waals surface area contributed by atoms with Crippen molar-refractivity contribution in [2.24, 2.45) is 0 Å². The molecule has 1 aromatic carbocycles. The Balaban J connectivity index is 2.54. The zero-order valence-electron chi connectivity index (χ0n) is 7.06. The van der Waals surface area contributed by atoms with Crippen molar-refractivity contribution < 1.29 is 9.09 Å². The molecule has 1 aromatic rings. The van der Waals surface area contributed by atoms with Crippen LogP contribution in [-0.4, -0.2) is 6.61 Å². The van der Waals surface area contributed by atoms with Crippen LogP contribution in [0.4, 0.5) is 0 Å². The smallest absolute Gasteiger partial charge is 0.142 e. The van der Waals surface area contributed by atoms with Gasteiger partial charge in [-0.25, -0.2) is 0 Å². The Labute approximate surface area is 73.4 Å². The van der Waals surface area contributed by atoms with Crippen molar-refractivity contribution in [3.63, 3.8) is 0 Å². The Bertz CT molecular complexity index is 246. The van der Waals surface area contributed by atoms with E-state index in [1.165, 1.54) is 0 Å². The lowest BCUT2D eigenvalue weighted by Gasteiger charge is -1.86. The fourth-order valence-corrected chi connectivity index (χ4v) is 1.71. The molecular formula is C9H12O2P+. The summed E-state index contributed by atoms with van der Waals surface area (Å²) in [5.41, 5.74) is 0. The molecule has 12 heavy (non-hydrogen) atoms. The van der Waals surface area contributed by atoms with Crippen molar-refractivity contribution in [3.05, 3.63) is 30.3 Å². The van der Waals surface area contributed by atoms with Gasteiger partial charge in [0.2, 0.25) is 5.30 Å². The summed E-state index contributed by atoms with van der Waals surface area (Å²) in [6.45, 7) is 2.55. The maximum atomic E-state index is 11.3. The lowest BCUT2D eigenvalue weighted by molar-refractivity contribution is 0.335. The molecule has 3 heteroatoms. The van der Waals surface area contributed by atoms with Gasteiger partial charge in [0, 0.05) is 0 Å². The van der Waals surface area contributed by atoms with Crippen molar-refractivity contribution in [2.45, 2.75) is 13.3 Å². The predicted molar refractivity (Wildman–Crippen MR) is 49.9 cm³/mol. The Morgan fingerprint density at radius 2 is 2.00 bits per heavy atom. The summed E-state index contributed by atoms with van der Waals surface area (Å²) >= 11 is 0. The highest BCUT2D eigenvalue weighted by Crippen LogP contribution is 2.20. The third-order valence-electron chi connectivity index (χ3n) is 1.38. The van der Waals surface area contributed by atoms with Gasteiger partial charge in [-0.15, -0.1) is 4.52 Å². The molecular weight excluding hydrogens is 171 g/mol. The summed E-state index contributed by atoms with van der Waals surface area (Å²) in [5.74, 6) is 0. The third-order valence-corrected chi connectivity index (χ3v) is 2.52. The van der Waals surface area contributed by atoms with Gasteiger partial charge in [0.1, 0.15) is 6.61 Å². The first-order chi connectivity index (χ1) is 5.84. The van der Waals surface area contributed by atoms with E-state index in [2.05, 4.69) is 0 Å². The molecule has 0 saturated heterocycles. The van der Waals surface area contributed by atoms with Crippen molar-refractivity contribution in [2.75, 3.05) is 6.61 Å². The van der Waals surface area contributed by atoms with Gasteiger partial charge >= 0.3 is 8.03 Å². The lowest BCUT2D eigenvalue weighted by atomic mass is 10.4. The van der Waals surface area contributed by atoms with Gasteiger partial charge in [0.15, 0.2) is 0 Å². The first-order valence-corrected chi connectivity index (χ1v) is 5.17. The van der Waals surface area contributed by atoms with Crippen LogP contribution in [-0.2, 0) is 9.09 Å². The minimum absolute atomic E-state index is 0.560. The van der Waals surface area contributed by atoms with Gasteiger partial charge in [-0.3, -0.25) is 0 Å². The highest BCUT2D eigenvalue weighted by molar-refractivity contribution is 7.48. The summed E-state index contributed by atoms with van der Waals surface area (Å²) in [7, 11) is -1.63. The van der Waals surface area contributed by atoms with Crippen molar-refractivity contribution in [3.8, 4) is 0 Å². The van der Waals surface area contributed by atoms with Crippen molar-refractivity contribution in [1.82, 2.24) is 0 Å². The maximum Gasteiger partial charge on any atom is 0.548 e. The summed E-state index contributed by atoms with van der Waals surface area (Å²) in [6.07, 6.45) is 0.897. The van der Waals surface area contributed by atoms with Gasteiger partial charge in [0.05, 0.1) is 0 Å². The topological polar surface area (TPSA) is 26.3 Å². The van der Waals surface area contributed by atoms with Gasteiger partial charge in [-0.1, -0.05) is 25.1 Å². The average Bonchev–Trinajstić information content (AvgIpc) is 2.15. The molecule has 1 atom stereocenters. The zero-order valence-corrected chi connectivity index (χ0v) is 7.96. The van der Waals surface area contributed by atoms with Crippen molar-refractivity contribution >= 4 is 13.3 Å². The van der Waals surface area contributed by atoms with E-state index in [9.17, 15) is 4.57 Å². The van der Waals surface area contributed by atoms with Crippen LogP contribution in [0.5, 0.6) is 0 Å². The van der Waals surface area contributed by atoms with Crippen LogP contribution >= 0.6 is 8.03 Å². The van der Waals surface area contributed by atoms with E-state index < -0.39 is 8.03 Å². The predicted octanol–water partition coefficient (Wildman–Crippen LogP) is 2.48. The second-order valence-electron chi connectivity index (χ2n) is 2.43. The minimum atomic E-state index is -1.63. The number of hydrogen-bond donors (Lipinski definition) is 0. The second kappa shape index (κ2) is 5.02. The number of benzene rings is 1. The van der Waals surface area contributed by atoms with E-state index in [1.807, 2.05) is 37.3 Å². The quantitative estimate of drug-likeness (QED) is 0.670. The van der Waals surface area contributed by atoms with E-state index in [1.54, 1.807) is 0 Å². The molecule has 0 aromatic heterocycles. The molecule has 0 radical (unpaired) electrons. The van der Waals surface area contributed by atoms with Gasteiger partial charge in [0.25, 0.3) is 0 Å². The summed E-state index contributed by atoms with van der Waals surface area (Å²) in [5, 5.41) is 0.765. The van der Waals surface area contributed by atoms with Gasteiger partial charge in [-0.2, -0.15) is 0 Å². The van der Waals surface area contributed by atoms with Crippen molar-refractivity contribution in [1.29, 1.82) is 0 Å². The molecule has 0 aliphatic carbocycles. The molecule has 0 aliphatic heterocycles. The first-order valence-electron chi connectivity index (χ1n) is 4.00. The van der Waals surface area contributed by atoms with E-state index >= 15 is 0 Å². The normalized spacial score (nSPS) is 11.2. The molecule has 64 valence electrons. The molecule has 0 bridgehead atoms. The number of rotatable bonds is 4. The largest absolute Gasteiger partial charge is 0.548 e. The van der Waals surface area contributed by atoms with E-state index in [-0.39, 0.29) is 0 Å². The standard InChI is InChI=1S/C9H12O2P/c1-2-8-11-12(10)9-6-4-3-5-7-9/h3-7H,2,8H2,1H3/q+1. The van der Waals surface area contributed by atoms with E-state index in [0.717, 1.165) is 11.7 Å². The van der Waals surface area contributed by atoms with Crippen LogP contribution in [0.15, 0.2) is 30.3 Å². The molecule has 0 fully saturated rings. The Morgan fingerprint density at radius 1 is 1.33 bits per heavy atom. The average molecular weight is 183 g/mol. The van der Waals surface area contributed by atoms with Crippen LogP contribution < -0.4 is 5.30 Å². The van der Waals surface area contributed by atoms with Crippen LogP contribution in [0.2, 0.25) is 0 Å². The molecule has 0 spiro atoms. The first kappa shape index (κ1) is 9.37. The molecule has 2 nitrogen and oxygen atoms in total. The molecule has 1 unspecified atom stereocenters. The molecule has 0 aliphatic rings. The fraction of sp³-hybridized carbons (Fsp3) is 0.333. The van der Waals surface area contributed by atoms with E-state index in [4.69, 9.17) is 4.52 Å².